The Hall–Kier alpha value is -2.31. The number of amides is 1. The van der Waals surface area contributed by atoms with Crippen LogP contribution in [0.3, 0.4) is 0 Å². The van der Waals surface area contributed by atoms with E-state index in [4.69, 9.17) is 9.31 Å². The zero-order valence-corrected chi connectivity index (χ0v) is 14.7. The van der Waals surface area contributed by atoms with Crippen LogP contribution in [0, 0.1) is 0 Å². The Labute approximate surface area is 147 Å². The van der Waals surface area contributed by atoms with E-state index in [2.05, 4.69) is 9.98 Å². The molecular weight excluding hydrogens is 315 g/mol. The Balaban J connectivity index is 1.75. The fourth-order valence-corrected chi connectivity index (χ4v) is 3.02. The molecule has 0 unspecified atom stereocenters. The van der Waals surface area contributed by atoms with Crippen LogP contribution in [0.1, 0.15) is 43.6 Å². The first-order chi connectivity index (χ1) is 11.8. The lowest BCUT2D eigenvalue weighted by atomic mass is 9.77. The number of rotatable bonds is 2. The fraction of sp³-hybridized carbons (Fsp3) is 0.316. The van der Waals surface area contributed by atoms with Crippen LogP contribution in [0.4, 0.5) is 0 Å². The first-order valence-corrected chi connectivity index (χ1v) is 8.32. The highest BCUT2D eigenvalue weighted by molar-refractivity contribution is 6.87. The van der Waals surface area contributed by atoms with Crippen LogP contribution in [-0.2, 0) is 9.31 Å². The number of hydrogen-bond donors (Lipinski definition) is 0. The van der Waals surface area contributed by atoms with Gasteiger partial charge in [0.1, 0.15) is 0 Å². The number of nitrogens with zero attached hydrogens (tertiary/aromatic N) is 2. The Kier molecular flexibility index (Phi) is 3.46. The molecule has 2 aromatic rings. The van der Waals surface area contributed by atoms with Crippen LogP contribution in [0.5, 0.6) is 0 Å². The minimum atomic E-state index is -0.653. The number of carbonyl (C=O) groups excluding carboxylic acids is 1. The van der Waals surface area contributed by atoms with Crippen molar-refractivity contribution in [1.29, 1.82) is 0 Å². The third-order valence-corrected chi connectivity index (χ3v) is 5.22. The van der Waals surface area contributed by atoms with E-state index in [-0.39, 0.29) is 5.91 Å². The molecule has 0 spiro atoms. The van der Waals surface area contributed by atoms with Crippen LogP contribution >= 0.6 is 0 Å². The van der Waals surface area contributed by atoms with E-state index in [0.717, 1.165) is 16.7 Å². The van der Waals surface area contributed by atoms with Gasteiger partial charge in [-0.05, 0) is 51.5 Å². The van der Waals surface area contributed by atoms with Crippen LogP contribution in [0.15, 0.2) is 47.7 Å². The van der Waals surface area contributed by atoms with Crippen LogP contribution < -0.4 is 0 Å². The zero-order valence-electron chi connectivity index (χ0n) is 14.7. The van der Waals surface area contributed by atoms with Crippen LogP contribution in [-0.4, -0.2) is 34.8 Å². The summed E-state index contributed by atoms with van der Waals surface area (Å²) in [5.74, 6) is -0.252. The van der Waals surface area contributed by atoms with Crippen molar-refractivity contribution in [3.63, 3.8) is 0 Å². The zero-order chi connectivity index (χ0) is 17.8. The topological polar surface area (TPSA) is 60.8 Å². The molecule has 2 aliphatic rings. The molecule has 1 aromatic heterocycles. The van der Waals surface area contributed by atoms with Gasteiger partial charge in [0.05, 0.1) is 22.4 Å². The van der Waals surface area contributed by atoms with Gasteiger partial charge in [-0.1, -0.05) is 12.1 Å². The number of pyridine rings is 1. The number of hydrogen-bond acceptors (Lipinski definition) is 4. The van der Waals surface area contributed by atoms with E-state index < -0.39 is 18.3 Å². The normalized spacial score (nSPS) is 20.6. The maximum atomic E-state index is 12.3. The Morgan fingerprint density at radius 3 is 2.32 bits per heavy atom. The first kappa shape index (κ1) is 16.2. The summed E-state index contributed by atoms with van der Waals surface area (Å²) in [6, 6.07) is 9.55. The van der Waals surface area contributed by atoms with Gasteiger partial charge in [-0.3, -0.25) is 9.78 Å². The largest absolute Gasteiger partial charge is 0.515 e. The Morgan fingerprint density at radius 2 is 1.68 bits per heavy atom. The highest BCUT2D eigenvalue weighted by atomic mass is 16.7. The number of benzene rings is 1. The summed E-state index contributed by atoms with van der Waals surface area (Å²) in [4.78, 5) is 20.7. The SMILES string of the molecule is CC1(C)OB(C2=NC(=O)c3ccc(-c4cccnc4)cc32)OC1(C)C. The van der Waals surface area contributed by atoms with E-state index in [1.165, 1.54) is 0 Å². The lowest BCUT2D eigenvalue weighted by Crippen LogP contribution is -2.41. The molecule has 126 valence electrons. The molecule has 5 nitrogen and oxygen atoms in total. The van der Waals surface area contributed by atoms with Crippen molar-refractivity contribution in [3.05, 3.63) is 53.9 Å². The first-order valence-electron chi connectivity index (χ1n) is 8.32. The molecule has 4 rings (SSSR count). The van der Waals surface area contributed by atoms with Gasteiger partial charge in [-0.15, -0.1) is 0 Å². The standard InChI is InChI=1S/C19H19BN2O3/c1-18(2)19(3,4)25-20(24-18)16-15-10-12(13-6-5-9-21-11-13)7-8-14(15)17(23)22-16/h5-11H,1-4H3. The van der Waals surface area contributed by atoms with Crippen molar-refractivity contribution in [2.24, 2.45) is 4.99 Å². The van der Waals surface area contributed by atoms with Gasteiger partial charge in [0.25, 0.3) is 5.91 Å². The molecule has 0 bridgehead atoms. The van der Waals surface area contributed by atoms with Gasteiger partial charge in [0.2, 0.25) is 0 Å². The molecule has 0 radical (unpaired) electrons. The lowest BCUT2D eigenvalue weighted by Gasteiger charge is -2.32. The molecule has 25 heavy (non-hydrogen) atoms. The Morgan fingerprint density at radius 1 is 0.960 bits per heavy atom. The smallest absolute Gasteiger partial charge is 0.398 e. The molecule has 1 fully saturated rings. The summed E-state index contributed by atoms with van der Waals surface area (Å²) < 4.78 is 12.2. The second kappa shape index (κ2) is 5.34. The van der Waals surface area contributed by atoms with Crippen molar-refractivity contribution in [2.75, 3.05) is 0 Å². The second-order valence-corrected chi connectivity index (χ2v) is 7.39. The average Bonchev–Trinajstić information content (AvgIpc) is 3.01. The molecule has 0 saturated carbocycles. The number of aliphatic imine (C=N–C) groups is 1. The minimum Gasteiger partial charge on any atom is -0.398 e. The average molecular weight is 334 g/mol. The molecule has 1 aromatic carbocycles. The molecule has 3 heterocycles. The quantitative estimate of drug-likeness (QED) is 0.791. The van der Waals surface area contributed by atoms with E-state index in [1.807, 2.05) is 58.0 Å². The molecule has 0 atom stereocenters. The summed E-state index contributed by atoms with van der Waals surface area (Å²) in [6.07, 6.45) is 3.53. The van der Waals surface area contributed by atoms with Gasteiger partial charge in [-0.25, -0.2) is 4.99 Å². The van der Waals surface area contributed by atoms with Gasteiger partial charge in [0.15, 0.2) is 0 Å². The highest BCUT2D eigenvalue weighted by Gasteiger charge is 2.54. The summed E-state index contributed by atoms with van der Waals surface area (Å²) in [6.45, 7) is 7.93. The summed E-state index contributed by atoms with van der Waals surface area (Å²) in [5.41, 5.74) is 2.90. The van der Waals surface area contributed by atoms with E-state index in [0.29, 0.717) is 11.2 Å². The monoisotopic (exact) mass is 334 g/mol. The molecule has 0 aliphatic carbocycles. The third-order valence-electron chi connectivity index (χ3n) is 5.22. The van der Waals surface area contributed by atoms with Crippen molar-refractivity contribution in [3.8, 4) is 11.1 Å². The molecule has 0 N–H and O–H groups in total. The van der Waals surface area contributed by atoms with Crippen molar-refractivity contribution in [1.82, 2.24) is 4.98 Å². The third kappa shape index (κ3) is 2.53. The predicted octanol–water partition coefficient (Wildman–Crippen LogP) is 3.32. The maximum absolute atomic E-state index is 12.3. The summed E-state index contributed by atoms with van der Waals surface area (Å²) in [7, 11) is -0.653. The molecule has 1 amide bonds. The summed E-state index contributed by atoms with van der Waals surface area (Å²) in [5, 5.41) is 0. The van der Waals surface area contributed by atoms with E-state index in [9.17, 15) is 4.79 Å². The van der Waals surface area contributed by atoms with Gasteiger partial charge >= 0.3 is 7.12 Å². The van der Waals surface area contributed by atoms with Crippen LogP contribution in [0.25, 0.3) is 11.1 Å². The Bertz CT molecular complexity index is 875. The highest BCUT2D eigenvalue weighted by Crippen LogP contribution is 2.39. The van der Waals surface area contributed by atoms with Crippen molar-refractivity contribution >= 4 is 18.6 Å². The van der Waals surface area contributed by atoms with Crippen molar-refractivity contribution < 1.29 is 14.1 Å². The van der Waals surface area contributed by atoms with E-state index in [1.54, 1.807) is 12.4 Å². The molecular formula is C19H19BN2O3. The molecule has 1 saturated heterocycles. The number of fused-ring (bicyclic) bond motifs is 1. The number of carbonyl (C=O) groups is 1. The molecule has 6 heteroatoms. The summed E-state index contributed by atoms with van der Waals surface area (Å²) >= 11 is 0. The van der Waals surface area contributed by atoms with Crippen molar-refractivity contribution in [2.45, 2.75) is 38.9 Å². The van der Waals surface area contributed by atoms with Crippen LogP contribution in [0.2, 0.25) is 0 Å². The second-order valence-electron chi connectivity index (χ2n) is 7.39. The fourth-order valence-electron chi connectivity index (χ4n) is 3.02. The predicted molar refractivity (Wildman–Crippen MR) is 96.6 cm³/mol. The van der Waals surface area contributed by atoms with Gasteiger partial charge in [-0.2, -0.15) is 0 Å². The van der Waals surface area contributed by atoms with Gasteiger partial charge in [0, 0.05) is 23.5 Å². The maximum Gasteiger partial charge on any atom is 0.515 e. The lowest BCUT2D eigenvalue weighted by molar-refractivity contribution is 0.00578. The van der Waals surface area contributed by atoms with Gasteiger partial charge < -0.3 is 9.31 Å². The number of aromatic nitrogens is 1. The van der Waals surface area contributed by atoms with E-state index >= 15 is 0 Å². The minimum absolute atomic E-state index is 0.252. The molecule has 2 aliphatic heterocycles.